The lowest BCUT2D eigenvalue weighted by molar-refractivity contribution is 0.0982. The van der Waals surface area contributed by atoms with Crippen LogP contribution in [0.5, 0.6) is 0 Å². The number of nitrogens with zero attached hydrogens (tertiary/aromatic N) is 2. The minimum absolute atomic E-state index is 0.226. The first-order valence-electron chi connectivity index (χ1n) is 6.53. The zero-order valence-corrected chi connectivity index (χ0v) is 10.6. The topological polar surface area (TPSA) is 34.9 Å². The van der Waals surface area contributed by atoms with E-state index in [4.69, 9.17) is 0 Å². The zero-order chi connectivity index (χ0) is 13.2. The number of halogens is 1. The van der Waals surface area contributed by atoms with Crippen molar-refractivity contribution in [3.05, 3.63) is 53.4 Å². The molecule has 1 aliphatic carbocycles. The fourth-order valence-electron chi connectivity index (χ4n) is 2.59. The Hall–Kier alpha value is -1.97. The summed E-state index contributed by atoms with van der Waals surface area (Å²) < 4.78 is 15.0. The van der Waals surface area contributed by atoms with Gasteiger partial charge in [-0.3, -0.25) is 9.78 Å². The average Bonchev–Trinajstić information content (AvgIpc) is 2.70. The van der Waals surface area contributed by atoms with Crippen molar-refractivity contribution in [2.24, 2.45) is 0 Å². The lowest BCUT2D eigenvalue weighted by Gasteiger charge is -2.03. The number of ketones is 1. The Balaban J connectivity index is 1.87. The molecule has 0 aliphatic heterocycles. The van der Waals surface area contributed by atoms with Crippen molar-refractivity contribution in [1.82, 2.24) is 9.55 Å². The number of rotatable bonds is 2. The summed E-state index contributed by atoms with van der Waals surface area (Å²) in [5.41, 5.74) is 2.76. The summed E-state index contributed by atoms with van der Waals surface area (Å²) in [6.45, 7) is 0.547. The van der Waals surface area contributed by atoms with Crippen LogP contribution in [0.15, 0.2) is 30.9 Å². The quantitative estimate of drug-likeness (QED) is 0.776. The highest BCUT2D eigenvalue weighted by molar-refractivity contribution is 5.97. The van der Waals surface area contributed by atoms with Gasteiger partial charge in [-0.2, -0.15) is 0 Å². The third kappa shape index (κ3) is 2.57. The van der Waals surface area contributed by atoms with Gasteiger partial charge in [-0.25, -0.2) is 4.39 Å². The van der Waals surface area contributed by atoms with Gasteiger partial charge in [0, 0.05) is 37.1 Å². The van der Waals surface area contributed by atoms with Crippen LogP contribution in [0.4, 0.5) is 4.39 Å². The number of Topliss-reactive ketones (excluding diaryl/α,β-unsaturated/α-hetero) is 1. The van der Waals surface area contributed by atoms with E-state index in [9.17, 15) is 9.18 Å². The van der Waals surface area contributed by atoms with E-state index in [1.54, 1.807) is 6.20 Å². The number of pyridine rings is 1. The molecule has 0 amide bonds. The minimum atomic E-state index is -0.331. The number of aryl methyl sites for hydroxylation is 1. The second-order valence-corrected chi connectivity index (χ2v) is 5.01. The highest BCUT2D eigenvalue weighted by Crippen LogP contribution is 2.22. The highest BCUT2D eigenvalue weighted by Gasteiger charge is 2.17. The SMILES string of the molecule is O=C1CCCCc2cn(Cc3cncc(F)c3)cc21. The van der Waals surface area contributed by atoms with Crippen LogP contribution in [0.2, 0.25) is 0 Å². The summed E-state index contributed by atoms with van der Waals surface area (Å²) in [5, 5.41) is 0. The first-order chi connectivity index (χ1) is 9.22. The van der Waals surface area contributed by atoms with Gasteiger partial charge in [0.25, 0.3) is 0 Å². The van der Waals surface area contributed by atoms with Crippen LogP contribution in [-0.4, -0.2) is 15.3 Å². The molecule has 0 spiro atoms. The molecule has 1 aliphatic rings. The molecule has 2 heterocycles. The average molecular weight is 258 g/mol. The summed E-state index contributed by atoms with van der Waals surface area (Å²) in [6, 6.07) is 1.47. The van der Waals surface area contributed by atoms with E-state index in [1.165, 1.54) is 12.3 Å². The lowest BCUT2D eigenvalue weighted by atomic mass is 10.1. The summed E-state index contributed by atoms with van der Waals surface area (Å²) >= 11 is 0. The zero-order valence-electron chi connectivity index (χ0n) is 10.6. The van der Waals surface area contributed by atoms with Gasteiger partial charge in [0.15, 0.2) is 5.78 Å². The predicted molar refractivity (Wildman–Crippen MR) is 69.6 cm³/mol. The molecule has 98 valence electrons. The van der Waals surface area contributed by atoms with Gasteiger partial charge in [0.05, 0.1) is 6.20 Å². The van der Waals surface area contributed by atoms with E-state index in [0.29, 0.717) is 13.0 Å². The van der Waals surface area contributed by atoms with Crippen molar-refractivity contribution in [2.75, 3.05) is 0 Å². The summed E-state index contributed by atoms with van der Waals surface area (Å²) in [6.07, 6.45) is 10.4. The molecule has 2 aromatic heterocycles. The molecule has 4 heteroatoms. The van der Waals surface area contributed by atoms with Crippen LogP contribution in [0, 0.1) is 5.82 Å². The van der Waals surface area contributed by atoms with Gasteiger partial charge in [0.1, 0.15) is 5.82 Å². The third-order valence-corrected chi connectivity index (χ3v) is 3.49. The molecule has 2 aromatic rings. The monoisotopic (exact) mass is 258 g/mol. The van der Waals surface area contributed by atoms with Crippen molar-refractivity contribution in [3.8, 4) is 0 Å². The van der Waals surface area contributed by atoms with E-state index in [2.05, 4.69) is 4.98 Å². The molecule has 3 nitrogen and oxygen atoms in total. The maximum atomic E-state index is 13.1. The van der Waals surface area contributed by atoms with Gasteiger partial charge in [-0.1, -0.05) is 0 Å². The number of aromatic nitrogens is 2. The van der Waals surface area contributed by atoms with Crippen molar-refractivity contribution in [1.29, 1.82) is 0 Å². The summed E-state index contributed by atoms with van der Waals surface area (Å²) in [5.74, 6) is -0.106. The second-order valence-electron chi connectivity index (χ2n) is 5.01. The van der Waals surface area contributed by atoms with E-state index in [-0.39, 0.29) is 11.6 Å². The fraction of sp³-hybridized carbons (Fsp3) is 0.333. The largest absolute Gasteiger partial charge is 0.349 e. The van der Waals surface area contributed by atoms with Gasteiger partial charge in [0.2, 0.25) is 0 Å². The van der Waals surface area contributed by atoms with Crippen molar-refractivity contribution in [2.45, 2.75) is 32.2 Å². The molecule has 19 heavy (non-hydrogen) atoms. The standard InChI is InChI=1S/C15H15FN2O/c16-13-5-11(6-17-7-13)8-18-9-12-3-1-2-4-15(19)14(12)10-18/h5-7,9-10H,1-4,8H2. The molecule has 0 atom stereocenters. The Kier molecular flexibility index (Phi) is 3.15. The van der Waals surface area contributed by atoms with Crippen LogP contribution in [0.25, 0.3) is 0 Å². The molecule has 0 aromatic carbocycles. The van der Waals surface area contributed by atoms with Gasteiger partial charge < -0.3 is 4.57 Å². The minimum Gasteiger partial charge on any atom is -0.349 e. The van der Waals surface area contributed by atoms with Gasteiger partial charge in [-0.15, -0.1) is 0 Å². The van der Waals surface area contributed by atoms with E-state index < -0.39 is 0 Å². The smallest absolute Gasteiger partial charge is 0.164 e. The number of hydrogen-bond acceptors (Lipinski definition) is 2. The Morgan fingerprint density at radius 1 is 1.21 bits per heavy atom. The second kappa shape index (κ2) is 4.96. The molecule has 0 saturated carbocycles. The van der Waals surface area contributed by atoms with Crippen LogP contribution >= 0.6 is 0 Å². The van der Waals surface area contributed by atoms with Crippen molar-refractivity contribution < 1.29 is 9.18 Å². The first kappa shape index (κ1) is 12.1. The highest BCUT2D eigenvalue weighted by atomic mass is 19.1. The summed E-state index contributed by atoms with van der Waals surface area (Å²) in [4.78, 5) is 15.8. The van der Waals surface area contributed by atoms with Gasteiger partial charge >= 0.3 is 0 Å². The molecular formula is C15H15FN2O. The van der Waals surface area contributed by atoms with E-state index in [0.717, 1.165) is 36.0 Å². The Morgan fingerprint density at radius 3 is 2.89 bits per heavy atom. The van der Waals surface area contributed by atoms with Crippen LogP contribution < -0.4 is 0 Å². The normalized spacial score (nSPS) is 15.1. The third-order valence-electron chi connectivity index (χ3n) is 3.49. The molecule has 3 rings (SSSR count). The van der Waals surface area contributed by atoms with E-state index in [1.807, 2.05) is 17.0 Å². The number of fused-ring (bicyclic) bond motifs is 1. The van der Waals surface area contributed by atoms with Crippen molar-refractivity contribution in [3.63, 3.8) is 0 Å². The molecule has 0 radical (unpaired) electrons. The maximum Gasteiger partial charge on any atom is 0.164 e. The summed E-state index contributed by atoms with van der Waals surface area (Å²) in [7, 11) is 0. The molecular weight excluding hydrogens is 243 g/mol. The number of carbonyl (C=O) groups is 1. The number of carbonyl (C=O) groups excluding carboxylic acids is 1. The van der Waals surface area contributed by atoms with Crippen LogP contribution in [0.1, 0.15) is 40.7 Å². The van der Waals surface area contributed by atoms with E-state index >= 15 is 0 Å². The van der Waals surface area contributed by atoms with Gasteiger partial charge in [-0.05, 0) is 36.5 Å². The molecule has 0 fully saturated rings. The molecule has 0 bridgehead atoms. The van der Waals surface area contributed by atoms with Crippen molar-refractivity contribution >= 4 is 5.78 Å². The predicted octanol–water partition coefficient (Wildman–Crippen LogP) is 2.98. The van der Waals surface area contributed by atoms with Crippen LogP contribution in [0.3, 0.4) is 0 Å². The molecule has 0 unspecified atom stereocenters. The number of hydrogen-bond donors (Lipinski definition) is 0. The Labute approximate surface area is 111 Å². The first-order valence-corrected chi connectivity index (χ1v) is 6.53. The maximum absolute atomic E-state index is 13.1. The lowest BCUT2D eigenvalue weighted by Crippen LogP contribution is -1.99. The fourth-order valence-corrected chi connectivity index (χ4v) is 2.59. The van der Waals surface area contributed by atoms with Crippen LogP contribution in [-0.2, 0) is 13.0 Å². The molecule has 0 saturated heterocycles. The Bertz CT molecular complexity index is 618. The Morgan fingerprint density at radius 2 is 2.05 bits per heavy atom. The molecule has 0 N–H and O–H groups in total.